The van der Waals surface area contributed by atoms with Gasteiger partial charge in [0.25, 0.3) is 6.57 Å². The minimum Gasteiger partial charge on any atom is -0.0547 e. The highest BCUT2D eigenvalue weighted by atomic mass is 14.7. The summed E-state index contributed by atoms with van der Waals surface area (Å²) in [5.41, 5.74) is 7.03. The van der Waals surface area contributed by atoms with E-state index in [0.29, 0.717) is 0 Å². The van der Waals surface area contributed by atoms with E-state index in [1.807, 2.05) is 0 Å². The maximum absolute atomic E-state index is 5.52. The third-order valence-electron chi connectivity index (χ3n) is 3.57. The molecule has 0 unspecified atom stereocenters. The first-order valence-corrected chi connectivity index (χ1v) is 5.47. The zero-order chi connectivity index (χ0) is 9.54. The topological polar surface area (TPSA) is 4.36 Å². The van der Waals surface area contributed by atoms with Gasteiger partial charge >= 0.3 is 5.69 Å². The van der Waals surface area contributed by atoms with E-state index >= 15 is 0 Å². The number of hydrogen-bond acceptors (Lipinski definition) is 0. The van der Waals surface area contributed by atoms with E-state index in [1.54, 1.807) is 0 Å². The minimum absolute atomic E-state index is 1.13. The molecule has 3 rings (SSSR count). The lowest BCUT2D eigenvalue weighted by Crippen LogP contribution is -1.90. The number of rotatable bonds is 0. The first kappa shape index (κ1) is 8.05. The van der Waals surface area contributed by atoms with Gasteiger partial charge in [-0.2, -0.15) is 0 Å². The van der Waals surface area contributed by atoms with Crippen LogP contribution in [0.5, 0.6) is 0 Å². The molecule has 2 aliphatic carbocycles. The van der Waals surface area contributed by atoms with E-state index in [4.69, 9.17) is 6.57 Å². The number of aryl methyl sites for hydroxylation is 2. The summed E-state index contributed by atoms with van der Waals surface area (Å²) in [6, 6.07) is 2.40. The Balaban J connectivity index is 2.30. The highest BCUT2D eigenvalue weighted by Gasteiger charge is 2.29. The maximum Gasteiger partial charge on any atom is 0.346 e. The predicted molar refractivity (Wildman–Crippen MR) is 58.5 cm³/mol. The molecule has 0 bridgehead atoms. The van der Waals surface area contributed by atoms with Crippen LogP contribution in [0, 0.1) is 6.57 Å². The molecule has 1 nitrogen and oxygen atoms in total. The van der Waals surface area contributed by atoms with Crippen LogP contribution in [0.3, 0.4) is 0 Å². The van der Waals surface area contributed by atoms with E-state index in [-0.39, 0.29) is 0 Å². The summed E-state index contributed by atoms with van der Waals surface area (Å²) < 4.78 is 0. The number of fused-ring (bicyclic) bond motifs is 2. The van der Waals surface area contributed by atoms with Crippen LogP contribution in [-0.4, -0.2) is 0 Å². The van der Waals surface area contributed by atoms with Gasteiger partial charge in [-0.15, -0.1) is 0 Å². The minimum atomic E-state index is 1.13. The smallest absolute Gasteiger partial charge is 0.0547 e. The Bertz CT molecular complexity index is 405. The van der Waals surface area contributed by atoms with E-state index in [1.165, 1.54) is 60.8 Å². The van der Waals surface area contributed by atoms with Gasteiger partial charge in [-0.05, 0) is 54.5 Å². The second kappa shape index (κ2) is 2.85. The van der Waals surface area contributed by atoms with Crippen molar-refractivity contribution in [1.82, 2.24) is 0 Å². The Morgan fingerprint density at radius 1 is 0.929 bits per heavy atom. The van der Waals surface area contributed by atoms with Crippen molar-refractivity contribution in [3.05, 3.63) is 33.2 Å². The average molecular weight is 184 g/mol. The molecule has 0 amide bonds. The second-order valence-corrected chi connectivity index (χ2v) is 4.34. The standard InChI is InChI=1S/C13H14N/c1-14-13-11-6-2-4-9(11)8-10-5-3-7-12(10)13/h1,8H,2-7H2/q+1. The molecule has 70 valence electrons. The molecule has 0 spiro atoms. The Morgan fingerprint density at radius 3 is 2.00 bits per heavy atom. The molecule has 2 aliphatic rings. The molecule has 0 N–H and O–H groups in total. The van der Waals surface area contributed by atoms with E-state index in [0.717, 1.165) is 5.69 Å². The van der Waals surface area contributed by atoms with Crippen molar-refractivity contribution in [1.29, 1.82) is 0 Å². The molecule has 0 heterocycles. The normalized spacial score (nSPS) is 17.6. The molecular weight excluding hydrogens is 170 g/mol. The van der Waals surface area contributed by atoms with Crippen molar-refractivity contribution >= 4 is 5.69 Å². The Kier molecular flexibility index (Phi) is 1.64. The Labute approximate surface area is 84.6 Å². The molecule has 0 fully saturated rings. The van der Waals surface area contributed by atoms with Gasteiger partial charge in [0, 0.05) is 11.1 Å². The summed E-state index contributed by atoms with van der Waals surface area (Å²) in [6.07, 6.45) is 7.37. The average Bonchev–Trinajstić information content (AvgIpc) is 2.80. The third kappa shape index (κ3) is 0.944. The van der Waals surface area contributed by atoms with Gasteiger partial charge in [0.2, 0.25) is 0 Å². The zero-order valence-electron chi connectivity index (χ0n) is 8.34. The van der Waals surface area contributed by atoms with E-state index in [2.05, 4.69) is 10.9 Å². The van der Waals surface area contributed by atoms with E-state index in [9.17, 15) is 0 Å². The molecule has 0 radical (unpaired) electrons. The van der Waals surface area contributed by atoms with Crippen LogP contribution in [0.15, 0.2) is 6.07 Å². The Hall–Kier alpha value is -1.29. The monoisotopic (exact) mass is 184 g/mol. The second-order valence-electron chi connectivity index (χ2n) is 4.34. The first-order valence-electron chi connectivity index (χ1n) is 5.47. The van der Waals surface area contributed by atoms with Gasteiger partial charge in [0.05, 0.1) is 0 Å². The lowest BCUT2D eigenvalue weighted by molar-refractivity contribution is 0.899. The van der Waals surface area contributed by atoms with Crippen LogP contribution >= 0.6 is 0 Å². The van der Waals surface area contributed by atoms with Gasteiger partial charge in [-0.1, -0.05) is 6.07 Å². The summed E-state index contributed by atoms with van der Waals surface area (Å²) in [5, 5.41) is 0. The Morgan fingerprint density at radius 2 is 1.50 bits per heavy atom. The van der Waals surface area contributed by atoms with Crippen LogP contribution in [0.4, 0.5) is 5.69 Å². The molecule has 1 heteroatoms. The first-order chi connectivity index (χ1) is 6.90. The van der Waals surface area contributed by atoms with Gasteiger partial charge in [0.1, 0.15) is 0 Å². The molecular formula is C13H14N+. The summed E-state index contributed by atoms with van der Waals surface area (Å²) in [4.78, 5) is 4.01. The van der Waals surface area contributed by atoms with E-state index < -0.39 is 0 Å². The van der Waals surface area contributed by atoms with Crippen LogP contribution < -0.4 is 0 Å². The highest BCUT2D eigenvalue weighted by Crippen LogP contribution is 2.40. The van der Waals surface area contributed by atoms with Crippen molar-refractivity contribution in [2.75, 3.05) is 0 Å². The fraction of sp³-hybridized carbons (Fsp3) is 0.462. The van der Waals surface area contributed by atoms with Crippen LogP contribution in [-0.2, 0) is 25.7 Å². The zero-order valence-corrected chi connectivity index (χ0v) is 8.34. The van der Waals surface area contributed by atoms with Crippen molar-refractivity contribution in [2.45, 2.75) is 38.5 Å². The molecule has 0 aliphatic heterocycles. The molecule has 0 atom stereocenters. The predicted octanol–water partition coefficient (Wildman–Crippen LogP) is 3.26. The van der Waals surface area contributed by atoms with Crippen molar-refractivity contribution in [3.8, 4) is 6.57 Å². The van der Waals surface area contributed by atoms with Crippen LogP contribution in [0.2, 0.25) is 0 Å². The van der Waals surface area contributed by atoms with Crippen molar-refractivity contribution in [3.63, 3.8) is 0 Å². The van der Waals surface area contributed by atoms with Gasteiger partial charge in [-0.25, -0.2) is 0 Å². The summed E-state index contributed by atoms with van der Waals surface area (Å²) >= 11 is 0. The highest BCUT2D eigenvalue weighted by molar-refractivity contribution is 5.67. The fourth-order valence-corrected chi connectivity index (χ4v) is 2.94. The van der Waals surface area contributed by atoms with Crippen molar-refractivity contribution in [2.24, 2.45) is 0 Å². The van der Waals surface area contributed by atoms with Gasteiger partial charge < -0.3 is 0 Å². The van der Waals surface area contributed by atoms with Gasteiger partial charge in [0.15, 0.2) is 0 Å². The fourth-order valence-electron chi connectivity index (χ4n) is 2.94. The van der Waals surface area contributed by atoms with Gasteiger partial charge in [-0.3, -0.25) is 0 Å². The quantitative estimate of drug-likeness (QED) is 0.583. The number of benzene rings is 1. The van der Waals surface area contributed by atoms with Crippen LogP contribution in [0.1, 0.15) is 35.1 Å². The molecule has 14 heavy (non-hydrogen) atoms. The summed E-state index contributed by atoms with van der Waals surface area (Å²) in [6.45, 7) is 5.52. The van der Waals surface area contributed by atoms with Crippen LogP contribution in [0.25, 0.3) is 4.85 Å². The van der Waals surface area contributed by atoms with Crippen molar-refractivity contribution < 1.29 is 0 Å². The maximum atomic E-state index is 5.52. The summed E-state index contributed by atoms with van der Waals surface area (Å²) in [5.74, 6) is 0. The molecule has 0 aromatic heterocycles. The molecule has 1 aromatic rings. The lowest BCUT2D eigenvalue weighted by atomic mass is 9.99. The third-order valence-corrected chi connectivity index (χ3v) is 3.57. The molecule has 1 aromatic carbocycles. The number of hydrogen-bond donors (Lipinski definition) is 0. The lowest BCUT2D eigenvalue weighted by Gasteiger charge is -2.02. The largest absolute Gasteiger partial charge is 0.346 e. The SMILES string of the molecule is C#[N+]c1c2c(cc3c1CCC3)CCC2. The molecule has 0 saturated heterocycles. The summed E-state index contributed by atoms with van der Waals surface area (Å²) in [7, 11) is 0. The molecule has 0 saturated carbocycles. The number of nitrogens with zero attached hydrogens (tertiary/aromatic N) is 1.